The summed E-state index contributed by atoms with van der Waals surface area (Å²) in [5.74, 6) is -2.16. The van der Waals surface area contributed by atoms with Crippen LogP contribution in [-0.4, -0.2) is 100 Å². The molecule has 1 heterocycles. The highest BCUT2D eigenvalue weighted by Gasteiger charge is 2.33. The van der Waals surface area contributed by atoms with E-state index in [1.54, 1.807) is 20.3 Å². The molecule has 1 saturated carbocycles. The van der Waals surface area contributed by atoms with Crippen molar-refractivity contribution < 1.29 is 37.3 Å². The van der Waals surface area contributed by atoms with Crippen LogP contribution in [0.1, 0.15) is 93.1 Å². The summed E-state index contributed by atoms with van der Waals surface area (Å²) in [6.45, 7) is 8.36. The smallest absolute Gasteiger partial charge is 0.326 e. The first-order valence-corrected chi connectivity index (χ1v) is 19.8. The van der Waals surface area contributed by atoms with Gasteiger partial charge in [-0.05, 0) is 79.8 Å². The normalized spacial score (nSPS) is 19.3. The van der Waals surface area contributed by atoms with Crippen LogP contribution in [0.2, 0.25) is 0 Å². The van der Waals surface area contributed by atoms with Gasteiger partial charge in [0.25, 0.3) is 5.91 Å². The van der Waals surface area contributed by atoms with Crippen LogP contribution in [-0.2, 0) is 35.4 Å². The largest absolute Gasteiger partial charge is 0.480 e. The van der Waals surface area contributed by atoms with Crippen molar-refractivity contribution in [2.45, 2.75) is 115 Å². The average molecular weight is 703 g/mol. The number of carbonyl (C=O) groups excluding carboxylic acids is 1. The fraction of sp³-hybridized carbons (Fsp3) is 0.632. The number of sulfone groups is 1. The molecule has 0 aromatic heterocycles. The number of nitrogens with one attached hydrogen (secondary N) is 1. The number of amides is 1. The van der Waals surface area contributed by atoms with E-state index in [1.807, 2.05) is 43.3 Å². The molecule has 49 heavy (non-hydrogen) atoms. The minimum absolute atomic E-state index is 0.130. The van der Waals surface area contributed by atoms with Crippen LogP contribution in [0.25, 0.3) is 11.1 Å². The predicted octanol–water partition coefficient (Wildman–Crippen LogP) is 6.04. The van der Waals surface area contributed by atoms with Crippen molar-refractivity contribution in [1.82, 2.24) is 10.2 Å². The molecule has 2 aromatic carbocycles. The lowest BCUT2D eigenvalue weighted by molar-refractivity contribution is -0.139. The first kappa shape index (κ1) is 40.6. The van der Waals surface area contributed by atoms with Crippen molar-refractivity contribution in [3.05, 3.63) is 59.2 Å². The Morgan fingerprint density at radius 3 is 2.27 bits per heavy atom. The fourth-order valence-corrected chi connectivity index (χ4v) is 7.29. The second-order valence-corrected chi connectivity index (χ2v) is 15.7. The maximum atomic E-state index is 13.4. The molecule has 2 aliphatic rings. The number of carboxylic acids is 1. The number of ether oxygens (including phenoxy) is 3. The molecule has 1 aliphatic carbocycles. The molecule has 0 radical (unpaired) electrons. The third-order valence-electron chi connectivity index (χ3n) is 9.67. The summed E-state index contributed by atoms with van der Waals surface area (Å²) in [5.41, 5.74) is 3.92. The SMILES string of the molecule is CCC(CC)OC.CO[C@H]1C[C@@H](COC2CCCCC2)N(Cc2ccc(C(=O)NC(CCS(C)(=O)=O)C(=O)O)c(-c3ccccc3C)c2)C1. The third-order valence-corrected chi connectivity index (χ3v) is 10.7. The molecule has 2 fully saturated rings. The number of rotatable bonds is 16. The summed E-state index contributed by atoms with van der Waals surface area (Å²) < 4.78 is 40.4. The van der Waals surface area contributed by atoms with Gasteiger partial charge in [-0.25, -0.2) is 13.2 Å². The van der Waals surface area contributed by atoms with Gasteiger partial charge < -0.3 is 24.6 Å². The monoisotopic (exact) mass is 702 g/mol. The van der Waals surface area contributed by atoms with Crippen LogP contribution in [0.5, 0.6) is 0 Å². The molecule has 274 valence electrons. The van der Waals surface area contributed by atoms with Crippen LogP contribution in [0, 0.1) is 6.92 Å². The van der Waals surface area contributed by atoms with E-state index in [1.165, 1.54) is 19.3 Å². The molecule has 10 nitrogen and oxygen atoms in total. The Balaban J connectivity index is 0.000000838. The minimum atomic E-state index is -3.39. The number of likely N-dealkylation sites (tertiary alicyclic amines) is 1. The first-order chi connectivity index (χ1) is 23.4. The quantitative estimate of drug-likeness (QED) is 0.215. The van der Waals surface area contributed by atoms with Crippen molar-refractivity contribution in [2.75, 3.05) is 39.4 Å². The first-order valence-electron chi connectivity index (χ1n) is 17.7. The van der Waals surface area contributed by atoms with Crippen molar-refractivity contribution in [1.29, 1.82) is 0 Å². The van der Waals surface area contributed by atoms with Crippen molar-refractivity contribution in [2.24, 2.45) is 0 Å². The van der Waals surface area contributed by atoms with Crippen molar-refractivity contribution in [3.8, 4) is 11.1 Å². The van der Waals surface area contributed by atoms with Crippen LogP contribution in [0.15, 0.2) is 42.5 Å². The summed E-state index contributed by atoms with van der Waals surface area (Å²) in [7, 11) is 0.123. The highest BCUT2D eigenvalue weighted by molar-refractivity contribution is 7.90. The summed E-state index contributed by atoms with van der Waals surface area (Å²) in [4.78, 5) is 27.7. The minimum Gasteiger partial charge on any atom is -0.480 e. The second kappa shape index (κ2) is 20.1. The Kier molecular flexibility index (Phi) is 16.7. The molecule has 4 rings (SSSR count). The summed E-state index contributed by atoms with van der Waals surface area (Å²) in [6.07, 6.45) is 10.9. The number of benzene rings is 2. The lowest BCUT2D eigenvalue weighted by Crippen LogP contribution is -2.42. The van der Waals surface area contributed by atoms with Gasteiger partial charge in [0.2, 0.25) is 0 Å². The van der Waals surface area contributed by atoms with Gasteiger partial charge in [0.15, 0.2) is 0 Å². The van der Waals surface area contributed by atoms with Crippen LogP contribution >= 0.6 is 0 Å². The molecule has 0 spiro atoms. The topological polar surface area (TPSA) is 131 Å². The Hall–Kier alpha value is -2.83. The average Bonchev–Trinajstić information content (AvgIpc) is 3.48. The van der Waals surface area contributed by atoms with Gasteiger partial charge in [0.1, 0.15) is 15.9 Å². The molecule has 1 saturated heterocycles. The fourth-order valence-electron chi connectivity index (χ4n) is 6.62. The number of methoxy groups -OCH3 is 2. The van der Waals surface area contributed by atoms with E-state index in [4.69, 9.17) is 14.2 Å². The van der Waals surface area contributed by atoms with Crippen LogP contribution in [0.3, 0.4) is 0 Å². The number of hydrogen-bond acceptors (Lipinski definition) is 8. The molecule has 1 amide bonds. The summed E-state index contributed by atoms with van der Waals surface area (Å²) in [5, 5.41) is 12.2. The van der Waals surface area contributed by atoms with E-state index in [0.29, 0.717) is 36.5 Å². The lowest BCUT2D eigenvalue weighted by atomic mass is 9.93. The van der Waals surface area contributed by atoms with Gasteiger partial charge in [0, 0.05) is 45.2 Å². The van der Waals surface area contributed by atoms with Gasteiger partial charge in [-0.3, -0.25) is 9.69 Å². The number of nitrogens with zero attached hydrogens (tertiary/aromatic N) is 1. The van der Waals surface area contributed by atoms with E-state index in [9.17, 15) is 23.1 Å². The molecular formula is C38H58N2O8S. The highest BCUT2D eigenvalue weighted by Crippen LogP contribution is 2.31. The summed E-state index contributed by atoms with van der Waals surface area (Å²) >= 11 is 0. The number of aryl methyl sites for hydroxylation is 1. The molecule has 2 N–H and O–H groups in total. The van der Waals surface area contributed by atoms with Gasteiger partial charge in [0.05, 0.1) is 30.7 Å². The van der Waals surface area contributed by atoms with Crippen LogP contribution < -0.4 is 5.32 Å². The van der Waals surface area contributed by atoms with E-state index >= 15 is 0 Å². The zero-order chi connectivity index (χ0) is 36.0. The molecule has 11 heteroatoms. The number of hydrogen-bond donors (Lipinski definition) is 2. The van der Waals surface area contributed by atoms with E-state index in [2.05, 4.69) is 24.1 Å². The van der Waals surface area contributed by atoms with E-state index < -0.39 is 27.8 Å². The Bertz CT molecular complexity index is 1430. The van der Waals surface area contributed by atoms with Gasteiger partial charge in [-0.2, -0.15) is 0 Å². The maximum absolute atomic E-state index is 13.4. The standard InChI is InChI=1S/C32H44N2O7S.C6H14O/c1-22-9-7-8-12-27(22)29-17-23(13-14-28(29)31(35)33-30(32(36)37)15-16-42(3,38)39)19-34-20-26(40-2)18-24(34)21-41-25-10-5-4-6-11-25;1-4-6(5-2)7-3/h7-9,12-14,17,24-26,30H,4-6,10-11,15-16,18-21H2,1-3H3,(H,33,35)(H,36,37);6H,4-5H2,1-3H3/t24-,26-,30?;/m0./s1. The molecule has 2 aromatic rings. The van der Waals surface area contributed by atoms with Crippen molar-refractivity contribution in [3.63, 3.8) is 0 Å². The Morgan fingerprint density at radius 1 is 1.00 bits per heavy atom. The molecule has 0 bridgehead atoms. The Morgan fingerprint density at radius 2 is 1.69 bits per heavy atom. The van der Waals surface area contributed by atoms with Gasteiger partial charge >= 0.3 is 5.97 Å². The zero-order valence-electron chi connectivity index (χ0n) is 30.3. The lowest BCUT2D eigenvalue weighted by Gasteiger charge is -2.28. The molecule has 1 unspecified atom stereocenters. The number of carboxylic acid groups (broad SMARTS) is 1. The van der Waals surface area contributed by atoms with E-state index in [-0.39, 0.29) is 24.3 Å². The van der Waals surface area contributed by atoms with Gasteiger partial charge in [-0.15, -0.1) is 0 Å². The van der Waals surface area contributed by atoms with Gasteiger partial charge in [-0.1, -0.05) is 63.4 Å². The van der Waals surface area contributed by atoms with E-state index in [0.717, 1.165) is 61.6 Å². The van der Waals surface area contributed by atoms with Crippen molar-refractivity contribution >= 4 is 21.7 Å². The molecule has 1 aliphatic heterocycles. The second-order valence-electron chi connectivity index (χ2n) is 13.4. The highest BCUT2D eigenvalue weighted by atomic mass is 32.2. The predicted molar refractivity (Wildman–Crippen MR) is 194 cm³/mol. The number of aliphatic carboxylic acids is 1. The zero-order valence-corrected chi connectivity index (χ0v) is 31.1. The molecule has 3 atom stereocenters. The summed E-state index contributed by atoms with van der Waals surface area (Å²) in [6, 6.07) is 12.3. The third kappa shape index (κ3) is 13.1. The van der Waals surface area contributed by atoms with Crippen LogP contribution in [0.4, 0.5) is 0 Å². The number of carbonyl (C=O) groups is 2. The molecular weight excluding hydrogens is 644 g/mol. The Labute approximate surface area is 293 Å². The maximum Gasteiger partial charge on any atom is 0.326 e.